The van der Waals surface area contributed by atoms with Crippen LogP contribution >= 0.6 is 0 Å². The van der Waals surface area contributed by atoms with Crippen molar-refractivity contribution in [3.8, 4) is 5.75 Å². The Morgan fingerprint density at radius 1 is 1.08 bits per heavy atom. The molecule has 2 saturated heterocycles. The zero-order valence-corrected chi connectivity index (χ0v) is 15.4. The Balaban J connectivity index is 1.71. The second kappa shape index (κ2) is 7.86. The number of carbonyl (C=O) groups excluding carboxylic acids is 3. The number of imide groups is 2. The number of likely N-dealkylation sites (tertiary alicyclic amines) is 1. The molecule has 7 heteroatoms. The smallest absolute Gasteiger partial charge is 0.338 e. The van der Waals surface area contributed by atoms with Crippen LogP contribution in [-0.2, 0) is 9.59 Å². The summed E-state index contributed by atoms with van der Waals surface area (Å²) in [6.45, 7) is 5.85. The average molecular weight is 360 g/mol. The minimum atomic E-state index is -0.701. The Bertz CT molecular complexity index is 689. The van der Waals surface area contributed by atoms with Crippen molar-refractivity contribution in [2.45, 2.75) is 39.2 Å². The van der Waals surface area contributed by atoms with E-state index in [-0.39, 0.29) is 19.3 Å². The molecule has 1 unspecified atom stereocenters. The van der Waals surface area contributed by atoms with Crippen LogP contribution in [0.1, 0.15) is 44.7 Å². The van der Waals surface area contributed by atoms with E-state index in [1.807, 2.05) is 38.1 Å². The number of nitrogens with one attached hydrogen (secondary N) is 1. The van der Waals surface area contributed by atoms with Gasteiger partial charge in [0.25, 0.3) is 0 Å². The Hall–Kier alpha value is -2.41. The summed E-state index contributed by atoms with van der Waals surface area (Å²) in [5.41, 5.74) is 1.16. The van der Waals surface area contributed by atoms with Gasteiger partial charge in [0.1, 0.15) is 11.8 Å². The molecule has 140 valence electrons. The standard InChI is InChI=1S/C19H25N3O4/c1-3-11-21-17(23)18(24)22(19(21)25)13-20-12-5-6-16(20)14-7-9-15(10-8-14)26-4-2/h7-10,16H,3-6,11-13H2,1-2H3/p+1/t16-/m0/s1. The highest BCUT2D eigenvalue weighted by Gasteiger charge is 2.47. The van der Waals surface area contributed by atoms with Gasteiger partial charge >= 0.3 is 17.8 Å². The Morgan fingerprint density at radius 2 is 1.77 bits per heavy atom. The first-order valence-electron chi connectivity index (χ1n) is 9.31. The van der Waals surface area contributed by atoms with Crippen LogP contribution in [-0.4, -0.2) is 54.0 Å². The number of benzene rings is 1. The third kappa shape index (κ3) is 3.44. The predicted octanol–water partition coefficient (Wildman–Crippen LogP) is 0.963. The molecular weight excluding hydrogens is 334 g/mol. The number of carbonyl (C=O) groups is 3. The van der Waals surface area contributed by atoms with Crippen LogP contribution in [0.15, 0.2) is 24.3 Å². The van der Waals surface area contributed by atoms with Crippen LogP contribution in [0, 0.1) is 0 Å². The molecule has 0 saturated carbocycles. The first-order chi connectivity index (χ1) is 12.6. The first-order valence-corrected chi connectivity index (χ1v) is 9.31. The van der Waals surface area contributed by atoms with Gasteiger partial charge in [0.05, 0.1) is 13.2 Å². The lowest BCUT2D eigenvalue weighted by Crippen LogP contribution is -3.12. The molecule has 2 aliphatic heterocycles. The van der Waals surface area contributed by atoms with E-state index in [9.17, 15) is 14.4 Å². The Labute approximate surface area is 153 Å². The molecule has 1 aromatic carbocycles. The molecule has 0 radical (unpaired) electrons. The van der Waals surface area contributed by atoms with Crippen LogP contribution in [0.5, 0.6) is 5.75 Å². The third-order valence-corrected chi connectivity index (χ3v) is 5.02. The normalized spacial score (nSPS) is 23.2. The number of quaternary nitrogens is 1. The summed E-state index contributed by atoms with van der Waals surface area (Å²) in [4.78, 5) is 40.0. The Morgan fingerprint density at radius 3 is 2.42 bits per heavy atom. The fraction of sp³-hybridized carbons (Fsp3) is 0.526. The van der Waals surface area contributed by atoms with E-state index in [0.29, 0.717) is 13.0 Å². The van der Waals surface area contributed by atoms with Gasteiger partial charge in [-0.3, -0.25) is 14.5 Å². The number of hydrogen-bond donors (Lipinski definition) is 1. The van der Waals surface area contributed by atoms with Gasteiger partial charge in [-0.25, -0.2) is 9.69 Å². The van der Waals surface area contributed by atoms with Gasteiger partial charge in [0, 0.05) is 24.9 Å². The maximum absolute atomic E-state index is 12.4. The molecule has 1 aromatic rings. The number of urea groups is 1. The second-order valence-corrected chi connectivity index (χ2v) is 6.74. The van der Waals surface area contributed by atoms with Crippen LogP contribution in [0.4, 0.5) is 4.79 Å². The fourth-order valence-electron chi connectivity index (χ4n) is 3.78. The van der Waals surface area contributed by atoms with E-state index >= 15 is 0 Å². The highest BCUT2D eigenvalue weighted by atomic mass is 16.5. The minimum absolute atomic E-state index is 0.210. The lowest BCUT2D eigenvalue weighted by Gasteiger charge is -2.25. The first kappa shape index (κ1) is 18.4. The number of nitrogens with zero attached hydrogens (tertiary/aromatic N) is 2. The molecular formula is C19H26N3O4+. The van der Waals surface area contributed by atoms with Crippen molar-refractivity contribution < 1.29 is 24.0 Å². The van der Waals surface area contributed by atoms with E-state index in [4.69, 9.17) is 4.74 Å². The molecule has 1 N–H and O–H groups in total. The minimum Gasteiger partial charge on any atom is -0.494 e. The molecule has 2 atom stereocenters. The zero-order chi connectivity index (χ0) is 18.7. The van der Waals surface area contributed by atoms with Crippen LogP contribution in [0.2, 0.25) is 0 Å². The molecule has 4 amide bonds. The van der Waals surface area contributed by atoms with E-state index in [0.717, 1.165) is 45.4 Å². The average Bonchev–Trinajstić information content (AvgIpc) is 3.18. The molecule has 0 aromatic heterocycles. The van der Waals surface area contributed by atoms with E-state index in [1.165, 1.54) is 0 Å². The van der Waals surface area contributed by atoms with Gasteiger partial charge < -0.3 is 9.64 Å². The predicted molar refractivity (Wildman–Crippen MR) is 94.5 cm³/mol. The van der Waals surface area contributed by atoms with Crippen molar-refractivity contribution in [2.24, 2.45) is 0 Å². The highest BCUT2D eigenvalue weighted by Crippen LogP contribution is 2.22. The number of ether oxygens (including phenoxy) is 1. The van der Waals surface area contributed by atoms with Crippen molar-refractivity contribution in [2.75, 3.05) is 26.4 Å². The van der Waals surface area contributed by atoms with Crippen molar-refractivity contribution in [3.05, 3.63) is 29.8 Å². The van der Waals surface area contributed by atoms with Gasteiger partial charge in [0.2, 0.25) is 0 Å². The number of hydrogen-bond acceptors (Lipinski definition) is 4. The van der Waals surface area contributed by atoms with Crippen LogP contribution < -0.4 is 9.64 Å². The quantitative estimate of drug-likeness (QED) is 0.581. The lowest BCUT2D eigenvalue weighted by atomic mass is 10.0. The number of rotatable bonds is 7. The van der Waals surface area contributed by atoms with Crippen molar-refractivity contribution in [1.29, 1.82) is 0 Å². The topological polar surface area (TPSA) is 71.4 Å². The van der Waals surface area contributed by atoms with Crippen LogP contribution in [0.25, 0.3) is 0 Å². The van der Waals surface area contributed by atoms with Gasteiger partial charge in [0.15, 0.2) is 6.67 Å². The number of amides is 4. The lowest BCUT2D eigenvalue weighted by molar-refractivity contribution is -0.925. The molecule has 3 rings (SSSR count). The molecule has 2 heterocycles. The second-order valence-electron chi connectivity index (χ2n) is 6.74. The molecule has 0 aliphatic carbocycles. The molecule has 2 fully saturated rings. The van der Waals surface area contributed by atoms with Gasteiger partial charge in [-0.15, -0.1) is 0 Å². The largest absolute Gasteiger partial charge is 0.494 e. The van der Waals surface area contributed by atoms with E-state index < -0.39 is 17.8 Å². The summed E-state index contributed by atoms with van der Waals surface area (Å²) in [6, 6.07) is 7.72. The molecule has 7 nitrogen and oxygen atoms in total. The molecule has 0 bridgehead atoms. The summed E-state index contributed by atoms with van der Waals surface area (Å²) >= 11 is 0. The van der Waals surface area contributed by atoms with E-state index in [2.05, 4.69) is 0 Å². The fourth-order valence-corrected chi connectivity index (χ4v) is 3.78. The Kier molecular flexibility index (Phi) is 5.56. The van der Waals surface area contributed by atoms with Crippen molar-refractivity contribution >= 4 is 17.8 Å². The zero-order valence-electron chi connectivity index (χ0n) is 15.4. The summed E-state index contributed by atoms with van der Waals surface area (Å²) in [5.74, 6) is -0.567. The van der Waals surface area contributed by atoms with E-state index in [1.54, 1.807) is 0 Å². The summed E-state index contributed by atoms with van der Waals surface area (Å²) in [6.07, 6.45) is 2.66. The summed E-state index contributed by atoms with van der Waals surface area (Å²) in [5, 5.41) is 0. The summed E-state index contributed by atoms with van der Waals surface area (Å²) < 4.78 is 5.49. The maximum Gasteiger partial charge on any atom is 0.338 e. The van der Waals surface area contributed by atoms with Crippen molar-refractivity contribution in [1.82, 2.24) is 9.80 Å². The maximum atomic E-state index is 12.4. The van der Waals surface area contributed by atoms with Crippen molar-refractivity contribution in [3.63, 3.8) is 0 Å². The SMILES string of the molecule is CCCN1C(=O)C(=O)N(C[NH+]2CCC[C@H]2c2ccc(OCC)cc2)C1=O. The monoisotopic (exact) mass is 360 g/mol. The van der Waals surface area contributed by atoms with Gasteiger partial charge in [-0.1, -0.05) is 6.92 Å². The molecule has 2 aliphatic rings. The van der Waals surface area contributed by atoms with Crippen LogP contribution in [0.3, 0.4) is 0 Å². The molecule has 26 heavy (non-hydrogen) atoms. The summed E-state index contributed by atoms with van der Waals surface area (Å²) in [7, 11) is 0. The highest BCUT2D eigenvalue weighted by molar-refractivity contribution is 6.44. The molecule has 0 spiro atoms. The van der Waals surface area contributed by atoms with Gasteiger partial charge in [-0.2, -0.15) is 0 Å². The van der Waals surface area contributed by atoms with Gasteiger partial charge in [-0.05, 0) is 37.6 Å². The third-order valence-electron chi connectivity index (χ3n) is 5.02.